The molecule has 200 valence electrons. The van der Waals surface area contributed by atoms with Crippen LogP contribution in [0, 0.1) is 44.9 Å². The van der Waals surface area contributed by atoms with Crippen LogP contribution in [0.15, 0.2) is 89.8 Å². The molecule has 4 nitrogen and oxygen atoms in total. The van der Waals surface area contributed by atoms with Gasteiger partial charge in [0.1, 0.15) is 10.0 Å². The molecule has 38 heavy (non-hydrogen) atoms. The van der Waals surface area contributed by atoms with Gasteiger partial charge in [-0.15, -0.1) is 0 Å². The summed E-state index contributed by atoms with van der Waals surface area (Å²) in [6.45, 7) is 2.70. The van der Waals surface area contributed by atoms with Gasteiger partial charge in [0.25, 0.3) is 0 Å². The van der Waals surface area contributed by atoms with Gasteiger partial charge in [-0.3, -0.25) is 0 Å². The van der Waals surface area contributed by atoms with E-state index < -0.39 is 16.1 Å². The van der Waals surface area contributed by atoms with Gasteiger partial charge in [-0.25, -0.2) is 8.42 Å². The zero-order valence-electron chi connectivity index (χ0n) is 21.4. The SMILES string of the molecule is Cc1ccc(S(=O)(=O)[N-][C@H](c2ccccc2)[C@H](NCCCC[C]2[CH][CH][CH][CH][CH]2)c2ccccc2)cc1.[Cl][Ru+]. The van der Waals surface area contributed by atoms with Crippen LogP contribution in [0.25, 0.3) is 4.72 Å². The molecule has 2 atom stereocenters. The summed E-state index contributed by atoms with van der Waals surface area (Å²) in [6.07, 6.45) is 13.5. The van der Waals surface area contributed by atoms with Crippen LogP contribution in [0.5, 0.6) is 0 Å². The third-order valence-electron chi connectivity index (χ3n) is 6.29. The van der Waals surface area contributed by atoms with E-state index >= 15 is 0 Å². The van der Waals surface area contributed by atoms with Crippen LogP contribution in [0.4, 0.5) is 0 Å². The van der Waals surface area contributed by atoms with Crippen LogP contribution in [0.1, 0.15) is 48.0 Å². The number of unbranched alkanes of at least 4 members (excludes halogenated alkanes) is 1. The van der Waals surface area contributed by atoms with E-state index in [-0.39, 0.29) is 10.9 Å². The van der Waals surface area contributed by atoms with E-state index in [2.05, 4.69) is 45.4 Å². The zero-order chi connectivity index (χ0) is 27.2. The monoisotopic (exact) mass is 634 g/mol. The van der Waals surface area contributed by atoms with Gasteiger partial charge in [0.2, 0.25) is 0 Å². The molecule has 3 aromatic rings. The Morgan fingerprint density at radius 1 is 0.789 bits per heavy atom. The third-order valence-corrected chi connectivity index (χ3v) is 7.66. The fraction of sp³-hybridized carbons (Fsp3) is 0.226. The average molecular weight is 634 g/mol. The number of benzene rings is 3. The van der Waals surface area contributed by atoms with Gasteiger partial charge < -0.3 is 10.0 Å². The first-order valence-corrected chi connectivity index (χ1v) is 16.2. The van der Waals surface area contributed by atoms with Gasteiger partial charge in [-0.1, -0.05) is 96.4 Å². The van der Waals surface area contributed by atoms with E-state index in [1.54, 1.807) is 24.3 Å². The van der Waals surface area contributed by atoms with E-state index in [0.717, 1.165) is 42.5 Å². The van der Waals surface area contributed by atoms with Gasteiger partial charge in [0, 0.05) is 10.9 Å². The number of nitrogens with zero attached hydrogens (tertiary/aromatic N) is 1. The predicted molar refractivity (Wildman–Crippen MR) is 153 cm³/mol. The summed E-state index contributed by atoms with van der Waals surface area (Å²) >= 11 is 1.82. The van der Waals surface area contributed by atoms with Gasteiger partial charge in [-0.2, -0.15) is 0 Å². The van der Waals surface area contributed by atoms with Crippen molar-refractivity contribution in [2.45, 2.75) is 43.2 Å². The Kier molecular flexibility index (Phi) is 13.5. The molecule has 0 unspecified atom stereocenters. The van der Waals surface area contributed by atoms with E-state index in [9.17, 15) is 8.42 Å². The Morgan fingerprint density at radius 2 is 1.37 bits per heavy atom. The number of nitrogens with one attached hydrogen (secondary N) is 1. The molecular formula is C31H33ClN2O2RuS. The van der Waals surface area contributed by atoms with E-state index in [0.29, 0.717) is 0 Å². The fourth-order valence-electron chi connectivity index (χ4n) is 4.31. The molecular weight excluding hydrogens is 601 g/mol. The second-order valence-electron chi connectivity index (χ2n) is 9.03. The van der Waals surface area contributed by atoms with E-state index in [1.807, 2.05) is 91.3 Å². The number of hydrogen-bond donors (Lipinski definition) is 1. The summed E-state index contributed by atoms with van der Waals surface area (Å²) in [6, 6.07) is 25.7. The Balaban J connectivity index is 0.00000195. The first-order chi connectivity index (χ1) is 18.5. The number of hydrogen-bond acceptors (Lipinski definition) is 3. The standard InChI is InChI=1S/C31H33N2O2S.ClH.Ru/c1-25-20-22-29(23-21-25)36(34,35)33-31(28-18-9-4-10-19-28)30(27-16-7-3-8-17-27)32-24-12-11-15-26-13-5-2-6-14-26;;/h2-10,13-14,16-23,30-32H,11-12,15,24H2,1H3;1H;/q-1;;+2/p-1/t30-,31-;;/m1../s1. The summed E-state index contributed by atoms with van der Waals surface area (Å²) in [5, 5.41) is 3.65. The van der Waals surface area contributed by atoms with Gasteiger partial charge in [0.05, 0.1) is 0 Å². The molecule has 7 heteroatoms. The van der Waals surface area contributed by atoms with Gasteiger partial charge in [0.15, 0.2) is 0 Å². The molecule has 0 saturated heterocycles. The Hall–Kier alpha value is -1.56. The second-order valence-corrected chi connectivity index (χ2v) is 10.7. The molecule has 0 amide bonds. The molecule has 0 heterocycles. The molecule has 1 aliphatic carbocycles. The van der Waals surface area contributed by atoms with Crippen molar-refractivity contribution in [3.63, 3.8) is 0 Å². The first-order valence-electron chi connectivity index (χ1n) is 12.6. The Labute approximate surface area is 243 Å². The molecule has 0 aromatic heterocycles. The topological polar surface area (TPSA) is 60.3 Å². The molecule has 3 aromatic carbocycles. The second kappa shape index (κ2) is 16.5. The molecule has 0 bridgehead atoms. The molecule has 0 aliphatic heterocycles. The molecule has 6 radical (unpaired) electrons. The van der Waals surface area contributed by atoms with Crippen molar-refractivity contribution in [1.29, 1.82) is 0 Å². The van der Waals surface area contributed by atoms with Crippen molar-refractivity contribution in [1.82, 2.24) is 5.32 Å². The molecule has 0 spiro atoms. The number of sulfonamides is 1. The summed E-state index contributed by atoms with van der Waals surface area (Å²) in [5.41, 5.74) is 2.88. The Morgan fingerprint density at radius 3 is 1.97 bits per heavy atom. The zero-order valence-corrected chi connectivity index (χ0v) is 24.7. The first kappa shape index (κ1) is 31.0. The van der Waals surface area contributed by atoms with Crippen molar-refractivity contribution in [3.8, 4) is 0 Å². The van der Waals surface area contributed by atoms with Gasteiger partial charge in [-0.05, 0) is 82.0 Å². The van der Waals surface area contributed by atoms with Crippen LogP contribution < -0.4 is 5.32 Å². The van der Waals surface area contributed by atoms with E-state index in [4.69, 9.17) is 0 Å². The fourth-order valence-corrected chi connectivity index (χ4v) is 5.46. The van der Waals surface area contributed by atoms with Crippen LogP contribution in [-0.4, -0.2) is 15.0 Å². The quantitative estimate of drug-likeness (QED) is 0.165. The van der Waals surface area contributed by atoms with Crippen molar-refractivity contribution in [3.05, 3.63) is 144 Å². The maximum absolute atomic E-state index is 13.4. The van der Waals surface area contributed by atoms with Crippen LogP contribution in [0.3, 0.4) is 0 Å². The molecule has 1 saturated carbocycles. The molecule has 1 N–H and O–H groups in total. The molecule has 1 aliphatic rings. The predicted octanol–water partition coefficient (Wildman–Crippen LogP) is 7.60. The molecule has 4 rings (SSSR count). The Bertz CT molecular complexity index is 1160. The van der Waals surface area contributed by atoms with Gasteiger partial charge >= 0.3 is 27.0 Å². The summed E-state index contributed by atoms with van der Waals surface area (Å²) in [5.74, 6) is 1.33. The summed E-state index contributed by atoms with van der Waals surface area (Å²) in [4.78, 5) is 0.212. The maximum atomic E-state index is 13.4. The minimum absolute atomic E-state index is 0.212. The number of rotatable bonds is 12. The third kappa shape index (κ3) is 9.57. The number of halogens is 1. The number of aryl methyl sites for hydroxylation is 1. The minimum atomic E-state index is -3.86. The molecule has 1 fully saturated rings. The van der Waals surface area contributed by atoms with Crippen molar-refractivity contribution >= 4 is 19.7 Å². The normalized spacial score (nSPS) is 15.8. The van der Waals surface area contributed by atoms with Crippen LogP contribution in [-0.2, 0) is 27.3 Å². The van der Waals surface area contributed by atoms with Crippen LogP contribution in [0.2, 0.25) is 0 Å². The van der Waals surface area contributed by atoms with E-state index in [1.165, 1.54) is 5.92 Å². The van der Waals surface area contributed by atoms with Crippen LogP contribution >= 0.6 is 9.69 Å². The van der Waals surface area contributed by atoms with Crippen molar-refractivity contribution in [2.24, 2.45) is 0 Å². The average Bonchev–Trinajstić information content (AvgIpc) is 2.97. The summed E-state index contributed by atoms with van der Waals surface area (Å²) < 4.78 is 31.3. The summed E-state index contributed by atoms with van der Waals surface area (Å²) in [7, 11) is 0.705. The van der Waals surface area contributed by atoms with Crippen molar-refractivity contribution in [2.75, 3.05) is 6.54 Å². The van der Waals surface area contributed by atoms with Crippen molar-refractivity contribution < 1.29 is 25.7 Å².